The zero-order valence-electron chi connectivity index (χ0n) is 8.77. The summed E-state index contributed by atoms with van der Waals surface area (Å²) in [4.78, 5) is 1.99. The molecular weight excluding hydrogens is 197 g/mol. The molecule has 4 heteroatoms. The highest BCUT2D eigenvalue weighted by Gasteiger charge is 2.30. The van der Waals surface area contributed by atoms with Crippen molar-refractivity contribution in [2.45, 2.75) is 19.1 Å². The van der Waals surface area contributed by atoms with E-state index in [4.69, 9.17) is 9.84 Å². The lowest BCUT2D eigenvalue weighted by Gasteiger charge is -2.38. The third-order valence-corrected chi connectivity index (χ3v) is 2.91. The summed E-state index contributed by atoms with van der Waals surface area (Å²) in [5.41, 5.74) is 0.855. The number of aliphatic hydroxyl groups is 1. The van der Waals surface area contributed by atoms with Crippen molar-refractivity contribution < 1.29 is 14.2 Å². The summed E-state index contributed by atoms with van der Waals surface area (Å²) in [6.45, 7) is 1.90. The highest BCUT2D eigenvalue weighted by atomic mass is 19.1. The van der Waals surface area contributed by atoms with E-state index in [1.165, 1.54) is 12.1 Å². The summed E-state index contributed by atoms with van der Waals surface area (Å²) in [7, 11) is 1.91. The Kier molecular flexibility index (Phi) is 2.52. The van der Waals surface area contributed by atoms with E-state index in [1.54, 1.807) is 6.07 Å². The van der Waals surface area contributed by atoms with Crippen molar-refractivity contribution in [3.63, 3.8) is 0 Å². The Morgan fingerprint density at radius 3 is 2.93 bits per heavy atom. The standard InChI is InChI=1S/C11H14FNO2/c1-7-11(6-14)15-10-5-8(12)3-4-9(10)13(7)2/h3-5,7,11,14H,6H2,1-2H3. The number of likely N-dealkylation sites (N-methyl/N-ethyl adjacent to an activating group) is 1. The van der Waals surface area contributed by atoms with Gasteiger partial charge in [-0.2, -0.15) is 0 Å². The summed E-state index contributed by atoms with van der Waals surface area (Å²) in [6, 6.07) is 4.52. The van der Waals surface area contributed by atoms with Gasteiger partial charge in [-0.25, -0.2) is 4.39 Å². The first-order chi connectivity index (χ1) is 7.13. The highest BCUT2D eigenvalue weighted by molar-refractivity contribution is 5.60. The first-order valence-electron chi connectivity index (χ1n) is 4.93. The van der Waals surface area contributed by atoms with Crippen molar-refractivity contribution in [2.75, 3.05) is 18.6 Å². The minimum atomic E-state index is -0.326. The van der Waals surface area contributed by atoms with Gasteiger partial charge in [-0.05, 0) is 19.1 Å². The average molecular weight is 211 g/mol. The van der Waals surface area contributed by atoms with Gasteiger partial charge in [0.05, 0.1) is 18.3 Å². The molecule has 0 aromatic heterocycles. The Bertz CT molecular complexity index is 370. The number of halogens is 1. The molecule has 3 nitrogen and oxygen atoms in total. The van der Waals surface area contributed by atoms with E-state index in [0.29, 0.717) is 5.75 Å². The quantitative estimate of drug-likeness (QED) is 0.762. The van der Waals surface area contributed by atoms with E-state index in [1.807, 2.05) is 18.9 Å². The predicted molar refractivity (Wildman–Crippen MR) is 55.8 cm³/mol. The van der Waals surface area contributed by atoms with Crippen molar-refractivity contribution >= 4 is 5.69 Å². The monoisotopic (exact) mass is 211 g/mol. The first-order valence-corrected chi connectivity index (χ1v) is 4.93. The summed E-state index contributed by atoms with van der Waals surface area (Å²) in [6.07, 6.45) is -0.302. The van der Waals surface area contributed by atoms with Gasteiger partial charge in [0.25, 0.3) is 0 Å². The molecule has 0 amide bonds. The fourth-order valence-electron chi connectivity index (χ4n) is 1.79. The molecule has 0 saturated heterocycles. The molecule has 0 saturated carbocycles. The van der Waals surface area contributed by atoms with E-state index in [2.05, 4.69) is 0 Å². The van der Waals surface area contributed by atoms with Gasteiger partial charge < -0.3 is 14.7 Å². The van der Waals surface area contributed by atoms with Crippen LogP contribution in [-0.2, 0) is 0 Å². The molecule has 0 fully saturated rings. The zero-order valence-corrected chi connectivity index (χ0v) is 8.77. The predicted octanol–water partition coefficient (Wildman–Crippen LogP) is 1.40. The van der Waals surface area contributed by atoms with E-state index in [9.17, 15) is 4.39 Å². The Hall–Kier alpha value is -1.29. The molecule has 1 N–H and O–H groups in total. The molecule has 0 bridgehead atoms. The fraction of sp³-hybridized carbons (Fsp3) is 0.455. The SMILES string of the molecule is CC1C(CO)Oc2cc(F)ccc2N1C. The Morgan fingerprint density at radius 2 is 2.27 bits per heavy atom. The molecule has 1 aromatic carbocycles. The molecule has 1 aliphatic rings. The molecule has 1 heterocycles. The number of benzene rings is 1. The highest BCUT2D eigenvalue weighted by Crippen LogP contribution is 2.35. The van der Waals surface area contributed by atoms with Crippen molar-refractivity contribution in [2.24, 2.45) is 0 Å². The van der Waals surface area contributed by atoms with Gasteiger partial charge in [-0.3, -0.25) is 0 Å². The molecule has 1 aromatic rings. The summed E-state index contributed by atoms with van der Waals surface area (Å²) < 4.78 is 18.5. The van der Waals surface area contributed by atoms with Gasteiger partial charge in [0.2, 0.25) is 0 Å². The number of anilines is 1. The Balaban J connectivity index is 2.40. The van der Waals surface area contributed by atoms with Crippen molar-refractivity contribution in [3.8, 4) is 5.75 Å². The van der Waals surface area contributed by atoms with Crippen LogP contribution in [0.15, 0.2) is 18.2 Å². The molecule has 0 radical (unpaired) electrons. The molecule has 2 unspecified atom stereocenters. The van der Waals surface area contributed by atoms with Gasteiger partial charge in [0, 0.05) is 13.1 Å². The number of rotatable bonds is 1. The second-order valence-electron chi connectivity index (χ2n) is 3.80. The van der Waals surface area contributed by atoms with E-state index in [0.717, 1.165) is 5.69 Å². The maximum atomic E-state index is 13.0. The second-order valence-corrected chi connectivity index (χ2v) is 3.80. The summed E-state index contributed by atoms with van der Waals surface area (Å²) in [5.74, 6) is 0.169. The van der Waals surface area contributed by atoms with Crippen LogP contribution in [0.2, 0.25) is 0 Å². The van der Waals surface area contributed by atoms with Gasteiger partial charge in [-0.15, -0.1) is 0 Å². The molecule has 1 aliphatic heterocycles. The van der Waals surface area contributed by atoms with E-state index in [-0.39, 0.29) is 24.6 Å². The van der Waals surface area contributed by atoms with Gasteiger partial charge >= 0.3 is 0 Å². The molecule has 0 spiro atoms. The molecular formula is C11H14FNO2. The van der Waals surface area contributed by atoms with Crippen LogP contribution in [0.5, 0.6) is 5.75 Å². The van der Waals surface area contributed by atoms with Crippen LogP contribution in [0.1, 0.15) is 6.92 Å². The molecule has 2 atom stereocenters. The van der Waals surface area contributed by atoms with Gasteiger partial charge in [0.15, 0.2) is 0 Å². The summed E-state index contributed by atoms with van der Waals surface area (Å²) >= 11 is 0. The van der Waals surface area contributed by atoms with Crippen molar-refractivity contribution in [1.82, 2.24) is 0 Å². The van der Waals surface area contributed by atoms with Gasteiger partial charge in [0.1, 0.15) is 17.7 Å². The smallest absolute Gasteiger partial charge is 0.146 e. The maximum Gasteiger partial charge on any atom is 0.146 e. The number of nitrogens with zero attached hydrogens (tertiary/aromatic N) is 1. The fourth-order valence-corrected chi connectivity index (χ4v) is 1.79. The summed E-state index contributed by atoms with van der Waals surface area (Å²) in [5, 5.41) is 9.13. The largest absolute Gasteiger partial charge is 0.484 e. The van der Waals surface area contributed by atoms with Crippen LogP contribution < -0.4 is 9.64 Å². The van der Waals surface area contributed by atoms with Crippen LogP contribution in [-0.4, -0.2) is 30.9 Å². The lowest BCUT2D eigenvalue weighted by Crippen LogP contribution is -2.47. The topological polar surface area (TPSA) is 32.7 Å². The number of aliphatic hydroxyl groups excluding tert-OH is 1. The zero-order chi connectivity index (χ0) is 11.0. The lowest BCUT2D eigenvalue weighted by molar-refractivity contribution is 0.0886. The number of ether oxygens (including phenoxy) is 1. The van der Waals surface area contributed by atoms with Gasteiger partial charge in [-0.1, -0.05) is 0 Å². The first kappa shape index (κ1) is 10.2. The number of hydrogen-bond donors (Lipinski definition) is 1. The van der Waals surface area contributed by atoms with Crippen LogP contribution >= 0.6 is 0 Å². The van der Waals surface area contributed by atoms with E-state index < -0.39 is 0 Å². The van der Waals surface area contributed by atoms with Crippen LogP contribution in [0, 0.1) is 5.82 Å². The second kappa shape index (κ2) is 3.70. The van der Waals surface area contributed by atoms with E-state index >= 15 is 0 Å². The molecule has 15 heavy (non-hydrogen) atoms. The Labute approximate surface area is 88.1 Å². The average Bonchev–Trinajstić information content (AvgIpc) is 2.23. The minimum Gasteiger partial charge on any atom is -0.484 e. The van der Waals surface area contributed by atoms with Crippen LogP contribution in [0.25, 0.3) is 0 Å². The lowest BCUT2D eigenvalue weighted by atomic mass is 10.1. The third kappa shape index (κ3) is 1.65. The number of fused-ring (bicyclic) bond motifs is 1. The van der Waals surface area contributed by atoms with Crippen LogP contribution in [0.3, 0.4) is 0 Å². The van der Waals surface area contributed by atoms with Crippen molar-refractivity contribution in [3.05, 3.63) is 24.0 Å². The third-order valence-electron chi connectivity index (χ3n) is 2.91. The maximum absolute atomic E-state index is 13.0. The Morgan fingerprint density at radius 1 is 1.53 bits per heavy atom. The molecule has 0 aliphatic carbocycles. The van der Waals surface area contributed by atoms with Crippen molar-refractivity contribution in [1.29, 1.82) is 0 Å². The molecule has 82 valence electrons. The minimum absolute atomic E-state index is 0.0680. The number of hydrogen-bond acceptors (Lipinski definition) is 3. The van der Waals surface area contributed by atoms with Crippen LogP contribution in [0.4, 0.5) is 10.1 Å². The molecule has 2 rings (SSSR count). The normalized spacial score (nSPS) is 24.7.